The molecule has 0 spiro atoms. The minimum absolute atomic E-state index is 0.0485. The fraction of sp³-hybridized carbons (Fsp3) is 0.269. The van der Waals surface area contributed by atoms with E-state index in [1.165, 1.54) is 12.3 Å². The normalized spacial score (nSPS) is 13.2. The largest absolute Gasteiger partial charge is 0.493 e. The lowest BCUT2D eigenvalue weighted by atomic mass is 10.1. The topological polar surface area (TPSA) is 118 Å². The van der Waals surface area contributed by atoms with Gasteiger partial charge in [-0.2, -0.15) is 0 Å². The van der Waals surface area contributed by atoms with E-state index >= 15 is 0 Å². The summed E-state index contributed by atoms with van der Waals surface area (Å²) < 4.78 is 5.54. The quantitative estimate of drug-likeness (QED) is 0.363. The monoisotopic (exact) mass is 489 g/mol. The number of nitrogens with one attached hydrogen (secondary N) is 1. The number of rotatable bonds is 9. The van der Waals surface area contributed by atoms with Crippen molar-refractivity contribution in [2.24, 2.45) is 0 Å². The van der Waals surface area contributed by atoms with Crippen molar-refractivity contribution in [2.45, 2.75) is 13.0 Å². The van der Waals surface area contributed by atoms with Crippen LogP contribution >= 0.6 is 0 Å². The molecular weight excluding hydrogens is 462 g/mol. The molecule has 1 aliphatic heterocycles. The number of benzene rings is 2. The molecule has 186 valence electrons. The Morgan fingerprint density at radius 1 is 0.972 bits per heavy atom. The average molecular weight is 490 g/mol. The molecule has 3 aromatic rings. The molecule has 36 heavy (non-hydrogen) atoms. The van der Waals surface area contributed by atoms with Crippen LogP contribution in [0.2, 0.25) is 0 Å². The highest BCUT2D eigenvalue weighted by atomic mass is 16.6. The molecule has 0 unspecified atom stereocenters. The number of para-hydroxylation sites is 1. The van der Waals surface area contributed by atoms with Gasteiger partial charge < -0.3 is 19.9 Å². The first-order valence-corrected chi connectivity index (χ1v) is 11.7. The second-order valence-corrected chi connectivity index (χ2v) is 8.30. The smallest absolute Gasteiger partial charge is 0.287 e. The molecule has 10 nitrogen and oxygen atoms in total. The summed E-state index contributed by atoms with van der Waals surface area (Å²) in [5.74, 6) is 1.23. The van der Waals surface area contributed by atoms with Gasteiger partial charge in [0.05, 0.1) is 18.0 Å². The van der Waals surface area contributed by atoms with Gasteiger partial charge in [0.15, 0.2) is 0 Å². The van der Waals surface area contributed by atoms with Gasteiger partial charge in [-0.1, -0.05) is 30.3 Å². The number of hydrogen-bond donors (Lipinski definition) is 1. The Bertz CT molecular complexity index is 1180. The Morgan fingerprint density at radius 2 is 1.69 bits per heavy atom. The summed E-state index contributed by atoms with van der Waals surface area (Å²) in [7, 11) is 0. The molecule has 1 aromatic heterocycles. The molecule has 4 rings (SSSR count). The minimum Gasteiger partial charge on any atom is -0.493 e. The van der Waals surface area contributed by atoms with E-state index in [2.05, 4.69) is 10.3 Å². The second kappa shape index (κ2) is 11.8. The lowest BCUT2D eigenvalue weighted by Gasteiger charge is -2.35. The van der Waals surface area contributed by atoms with E-state index in [0.717, 1.165) is 11.3 Å². The summed E-state index contributed by atoms with van der Waals surface area (Å²) in [6.45, 7) is 2.92. The first-order valence-electron chi connectivity index (χ1n) is 11.7. The van der Waals surface area contributed by atoms with Gasteiger partial charge in [0.1, 0.15) is 17.8 Å². The molecule has 0 aliphatic carbocycles. The highest BCUT2D eigenvalue weighted by Gasteiger charge is 2.23. The number of nitrogens with zero attached hydrogens (tertiary/aromatic N) is 4. The van der Waals surface area contributed by atoms with Crippen LogP contribution in [-0.4, -0.2) is 59.4 Å². The van der Waals surface area contributed by atoms with Crippen molar-refractivity contribution < 1.29 is 19.2 Å². The molecule has 10 heteroatoms. The number of hydrogen-bond acceptors (Lipinski definition) is 7. The number of pyridine rings is 1. The van der Waals surface area contributed by atoms with Crippen molar-refractivity contribution in [1.82, 2.24) is 15.2 Å². The fourth-order valence-corrected chi connectivity index (χ4v) is 3.83. The van der Waals surface area contributed by atoms with Crippen LogP contribution in [0.25, 0.3) is 0 Å². The molecule has 0 atom stereocenters. The van der Waals surface area contributed by atoms with E-state index in [9.17, 15) is 19.7 Å². The van der Waals surface area contributed by atoms with Gasteiger partial charge in [-0.25, -0.2) is 4.98 Å². The maximum atomic E-state index is 12.9. The summed E-state index contributed by atoms with van der Waals surface area (Å²) in [4.78, 5) is 43.3. The molecule has 1 aliphatic rings. The zero-order valence-corrected chi connectivity index (χ0v) is 19.7. The molecule has 0 bridgehead atoms. The molecule has 0 radical (unpaired) electrons. The Labute approximate surface area is 208 Å². The maximum Gasteiger partial charge on any atom is 0.287 e. The van der Waals surface area contributed by atoms with Crippen LogP contribution in [-0.2, 0) is 11.3 Å². The third-order valence-corrected chi connectivity index (χ3v) is 5.87. The number of amides is 2. The van der Waals surface area contributed by atoms with E-state index in [-0.39, 0.29) is 23.9 Å². The Balaban J connectivity index is 1.20. The highest BCUT2D eigenvalue weighted by Crippen LogP contribution is 2.18. The second-order valence-electron chi connectivity index (χ2n) is 8.30. The number of anilines is 1. The molecule has 2 heterocycles. The van der Waals surface area contributed by atoms with Crippen LogP contribution in [0.3, 0.4) is 0 Å². The van der Waals surface area contributed by atoms with Crippen molar-refractivity contribution >= 4 is 23.3 Å². The summed E-state index contributed by atoms with van der Waals surface area (Å²) in [5.41, 5.74) is 1.44. The van der Waals surface area contributed by atoms with Gasteiger partial charge in [0.25, 0.3) is 11.6 Å². The third-order valence-electron chi connectivity index (χ3n) is 5.87. The number of carbonyl (C=O) groups excluding carboxylic acids is 2. The molecule has 1 saturated heterocycles. The van der Waals surface area contributed by atoms with Gasteiger partial charge in [-0.3, -0.25) is 19.7 Å². The molecule has 0 saturated carbocycles. The van der Waals surface area contributed by atoms with Crippen molar-refractivity contribution in [1.29, 1.82) is 0 Å². The lowest BCUT2D eigenvalue weighted by molar-refractivity contribution is -0.385. The van der Waals surface area contributed by atoms with Crippen LogP contribution < -0.4 is 15.0 Å². The summed E-state index contributed by atoms with van der Waals surface area (Å²) in [5, 5.41) is 13.7. The molecule has 2 aromatic carbocycles. The van der Waals surface area contributed by atoms with Crippen molar-refractivity contribution in [3.63, 3.8) is 0 Å². The summed E-state index contributed by atoms with van der Waals surface area (Å²) in [6, 6.07) is 19.6. The van der Waals surface area contributed by atoms with E-state index in [1.807, 2.05) is 47.4 Å². The maximum absolute atomic E-state index is 12.9. The first kappa shape index (κ1) is 24.6. The van der Waals surface area contributed by atoms with Gasteiger partial charge in [-0.05, 0) is 35.9 Å². The number of aromatic nitrogens is 1. The van der Waals surface area contributed by atoms with Gasteiger partial charge in [-0.15, -0.1) is 0 Å². The molecule has 1 N–H and O–H groups in total. The number of piperazine rings is 1. The third kappa shape index (κ3) is 6.56. The van der Waals surface area contributed by atoms with Crippen molar-refractivity contribution in [3.8, 4) is 5.75 Å². The van der Waals surface area contributed by atoms with Crippen molar-refractivity contribution in [3.05, 3.63) is 94.2 Å². The fourth-order valence-electron chi connectivity index (χ4n) is 3.83. The van der Waals surface area contributed by atoms with E-state index in [4.69, 9.17) is 4.74 Å². The number of ether oxygens (including phenoxy) is 1. The number of nitro groups is 1. The standard InChI is InChI=1S/C26H27N5O5/c32-25(12-17-36-23-4-2-1-3-5-23)28-18-20-6-8-21(9-7-20)26(33)30-15-13-29(14-16-30)24-11-10-22(19-27-24)31(34)35/h1-11,19H,12-18H2,(H,28,32). The predicted octanol–water partition coefficient (Wildman–Crippen LogP) is 3.04. The zero-order chi connectivity index (χ0) is 25.3. The number of carbonyl (C=O) groups is 2. The van der Waals surface area contributed by atoms with Crippen LogP contribution in [0.15, 0.2) is 72.9 Å². The molecular formula is C26H27N5O5. The summed E-state index contributed by atoms with van der Waals surface area (Å²) in [6.07, 6.45) is 1.50. The molecule has 1 fully saturated rings. The Morgan fingerprint density at radius 3 is 2.33 bits per heavy atom. The predicted molar refractivity (Wildman–Crippen MR) is 134 cm³/mol. The van der Waals surface area contributed by atoms with E-state index in [0.29, 0.717) is 50.7 Å². The van der Waals surface area contributed by atoms with Crippen LogP contribution in [0, 0.1) is 10.1 Å². The van der Waals surface area contributed by atoms with Gasteiger partial charge in [0.2, 0.25) is 5.91 Å². The Kier molecular flexibility index (Phi) is 8.07. The average Bonchev–Trinajstić information content (AvgIpc) is 2.92. The highest BCUT2D eigenvalue weighted by molar-refractivity contribution is 5.94. The summed E-state index contributed by atoms with van der Waals surface area (Å²) >= 11 is 0. The lowest BCUT2D eigenvalue weighted by Crippen LogP contribution is -2.49. The molecule has 2 amide bonds. The van der Waals surface area contributed by atoms with E-state index < -0.39 is 4.92 Å². The Hall–Kier alpha value is -4.47. The van der Waals surface area contributed by atoms with Crippen molar-refractivity contribution in [2.75, 3.05) is 37.7 Å². The SMILES string of the molecule is O=C(CCOc1ccccc1)NCc1ccc(C(=O)N2CCN(c3ccc([N+](=O)[O-])cn3)CC2)cc1. The van der Waals surface area contributed by atoms with Crippen LogP contribution in [0.1, 0.15) is 22.3 Å². The minimum atomic E-state index is -0.477. The van der Waals surface area contributed by atoms with E-state index in [1.54, 1.807) is 23.1 Å². The van der Waals surface area contributed by atoms with Crippen LogP contribution in [0.4, 0.5) is 11.5 Å². The van der Waals surface area contributed by atoms with Gasteiger partial charge in [0, 0.05) is 44.4 Å². The first-order chi connectivity index (χ1) is 17.5. The van der Waals surface area contributed by atoms with Gasteiger partial charge >= 0.3 is 0 Å². The zero-order valence-electron chi connectivity index (χ0n) is 19.7. The van der Waals surface area contributed by atoms with Crippen LogP contribution in [0.5, 0.6) is 5.75 Å².